The van der Waals surface area contributed by atoms with Gasteiger partial charge in [0, 0.05) is 10.9 Å². The van der Waals surface area contributed by atoms with E-state index in [2.05, 4.69) is 15.4 Å². The predicted octanol–water partition coefficient (Wildman–Crippen LogP) is 5.37. The van der Waals surface area contributed by atoms with Crippen molar-refractivity contribution < 1.29 is 18.7 Å². The van der Waals surface area contributed by atoms with Crippen molar-refractivity contribution in [2.45, 2.75) is 6.92 Å². The third kappa shape index (κ3) is 4.17. The third-order valence-electron chi connectivity index (χ3n) is 4.71. The van der Waals surface area contributed by atoms with Gasteiger partial charge < -0.3 is 9.47 Å². The van der Waals surface area contributed by atoms with Crippen molar-refractivity contribution in [3.8, 4) is 28.4 Å². The Balaban J connectivity index is 1.60. The Bertz CT molecular complexity index is 1290. The first-order valence-electron chi connectivity index (χ1n) is 9.41. The summed E-state index contributed by atoms with van der Waals surface area (Å²) in [7, 11) is 3.15. The average molecular weight is 473 g/mol. The highest BCUT2D eigenvalue weighted by molar-refractivity contribution is 7.14. The van der Waals surface area contributed by atoms with Crippen LogP contribution in [0.1, 0.15) is 16.1 Å². The minimum Gasteiger partial charge on any atom is -0.497 e. The monoisotopic (exact) mass is 472 g/mol. The summed E-state index contributed by atoms with van der Waals surface area (Å²) in [6.45, 7) is 1.68. The van der Waals surface area contributed by atoms with E-state index in [0.717, 1.165) is 5.56 Å². The molecule has 2 aromatic carbocycles. The predicted molar refractivity (Wildman–Crippen MR) is 122 cm³/mol. The summed E-state index contributed by atoms with van der Waals surface area (Å²) >= 11 is 7.70. The first kappa shape index (κ1) is 21.8. The van der Waals surface area contributed by atoms with Crippen molar-refractivity contribution in [1.29, 1.82) is 0 Å². The number of nitrogens with one attached hydrogen (secondary N) is 1. The van der Waals surface area contributed by atoms with E-state index in [1.807, 2.05) is 11.4 Å². The molecule has 0 saturated carbocycles. The molecule has 1 amide bonds. The van der Waals surface area contributed by atoms with E-state index in [0.29, 0.717) is 33.7 Å². The van der Waals surface area contributed by atoms with Gasteiger partial charge in [-0.2, -0.15) is 5.10 Å². The van der Waals surface area contributed by atoms with Gasteiger partial charge in [-0.05, 0) is 49.4 Å². The van der Waals surface area contributed by atoms with E-state index in [9.17, 15) is 9.18 Å². The van der Waals surface area contributed by atoms with Gasteiger partial charge in [0.05, 0.1) is 31.3 Å². The van der Waals surface area contributed by atoms with E-state index in [1.54, 1.807) is 33.3 Å². The van der Waals surface area contributed by atoms with Crippen molar-refractivity contribution in [2.24, 2.45) is 0 Å². The standard InChI is InChI=1S/C22H18ClFN4O3S/c1-12-19(20(23)28(27-12)14-6-4-13(24)5-7-14)21(29)26-22-25-17(11-32-22)16-10-15(30-2)8-9-18(16)31-3/h4-11H,1-3H3,(H,25,26,29). The fourth-order valence-corrected chi connectivity index (χ4v) is 4.20. The zero-order chi connectivity index (χ0) is 22.8. The number of carbonyl (C=O) groups excluding carboxylic acids is 1. The molecule has 0 unspecified atom stereocenters. The number of halogens is 2. The number of ether oxygens (including phenoxy) is 2. The van der Waals surface area contributed by atoms with E-state index < -0.39 is 5.91 Å². The molecule has 0 aliphatic heterocycles. The molecule has 0 aliphatic carbocycles. The van der Waals surface area contributed by atoms with Crippen LogP contribution in [-0.2, 0) is 0 Å². The van der Waals surface area contributed by atoms with E-state index in [4.69, 9.17) is 21.1 Å². The van der Waals surface area contributed by atoms with Crippen LogP contribution in [0.3, 0.4) is 0 Å². The lowest BCUT2D eigenvalue weighted by Crippen LogP contribution is -2.13. The summed E-state index contributed by atoms with van der Waals surface area (Å²) in [5.74, 6) is 0.474. The largest absolute Gasteiger partial charge is 0.497 e. The number of amides is 1. The number of methoxy groups -OCH3 is 2. The van der Waals surface area contributed by atoms with Crippen molar-refractivity contribution in [3.63, 3.8) is 0 Å². The molecule has 164 valence electrons. The molecular formula is C22H18ClFN4O3S. The number of hydrogen-bond acceptors (Lipinski definition) is 6. The fourth-order valence-electron chi connectivity index (χ4n) is 3.14. The zero-order valence-electron chi connectivity index (χ0n) is 17.3. The maximum Gasteiger partial charge on any atom is 0.262 e. The number of rotatable bonds is 6. The Morgan fingerprint density at radius 2 is 1.91 bits per heavy atom. The molecule has 4 rings (SSSR count). The van der Waals surface area contributed by atoms with E-state index in [-0.39, 0.29) is 16.5 Å². The Morgan fingerprint density at radius 3 is 2.59 bits per heavy atom. The zero-order valence-corrected chi connectivity index (χ0v) is 18.9. The first-order valence-corrected chi connectivity index (χ1v) is 10.7. The van der Waals surface area contributed by atoms with Crippen LogP contribution >= 0.6 is 22.9 Å². The number of thiazole rings is 1. The lowest BCUT2D eigenvalue weighted by molar-refractivity contribution is 0.102. The smallest absolute Gasteiger partial charge is 0.262 e. The Hall–Kier alpha value is -3.43. The van der Waals surface area contributed by atoms with Gasteiger partial charge in [-0.3, -0.25) is 10.1 Å². The first-order chi connectivity index (χ1) is 15.4. The number of anilines is 1. The highest BCUT2D eigenvalue weighted by Gasteiger charge is 2.22. The van der Waals surface area contributed by atoms with Crippen LogP contribution < -0.4 is 14.8 Å². The summed E-state index contributed by atoms with van der Waals surface area (Å²) in [6.07, 6.45) is 0. The van der Waals surface area contributed by atoms with E-state index in [1.165, 1.54) is 40.3 Å². The highest BCUT2D eigenvalue weighted by atomic mass is 35.5. The van der Waals surface area contributed by atoms with Crippen LogP contribution in [0.25, 0.3) is 16.9 Å². The summed E-state index contributed by atoms with van der Waals surface area (Å²) in [4.78, 5) is 17.4. The van der Waals surface area contributed by atoms with Crippen LogP contribution in [0.5, 0.6) is 11.5 Å². The van der Waals surface area contributed by atoms with Gasteiger partial charge in [-0.25, -0.2) is 14.1 Å². The summed E-state index contributed by atoms with van der Waals surface area (Å²) in [6, 6.07) is 11.1. The normalized spacial score (nSPS) is 10.8. The molecule has 0 radical (unpaired) electrons. The van der Waals surface area contributed by atoms with Crippen molar-refractivity contribution in [1.82, 2.24) is 14.8 Å². The topological polar surface area (TPSA) is 78.3 Å². The van der Waals surface area contributed by atoms with Crippen LogP contribution in [0.15, 0.2) is 47.8 Å². The van der Waals surface area contributed by atoms with Gasteiger partial charge in [-0.15, -0.1) is 11.3 Å². The van der Waals surface area contributed by atoms with Gasteiger partial charge in [0.15, 0.2) is 5.13 Å². The summed E-state index contributed by atoms with van der Waals surface area (Å²) in [5, 5.41) is 9.41. The van der Waals surface area contributed by atoms with E-state index >= 15 is 0 Å². The Kier molecular flexibility index (Phi) is 6.11. The third-order valence-corrected chi connectivity index (χ3v) is 5.82. The number of aryl methyl sites for hydroxylation is 1. The van der Waals surface area contributed by atoms with Crippen LogP contribution in [0, 0.1) is 12.7 Å². The molecule has 32 heavy (non-hydrogen) atoms. The average Bonchev–Trinajstić information content (AvgIpc) is 3.37. The molecule has 2 aromatic heterocycles. The minimum absolute atomic E-state index is 0.123. The summed E-state index contributed by atoms with van der Waals surface area (Å²) in [5.41, 5.74) is 2.56. The maximum absolute atomic E-state index is 13.2. The second-order valence-electron chi connectivity index (χ2n) is 6.70. The van der Waals surface area contributed by atoms with Gasteiger partial charge in [0.1, 0.15) is 28.0 Å². The van der Waals surface area contributed by atoms with Crippen molar-refractivity contribution >= 4 is 34.0 Å². The SMILES string of the molecule is COc1ccc(OC)c(-c2csc(NC(=O)c3c(C)nn(-c4ccc(F)cc4)c3Cl)n2)c1. The highest BCUT2D eigenvalue weighted by Crippen LogP contribution is 2.35. The molecule has 2 heterocycles. The lowest BCUT2D eigenvalue weighted by Gasteiger charge is -2.08. The van der Waals surface area contributed by atoms with Crippen LogP contribution in [0.2, 0.25) is 5.15 Å². The van der Waals surface area contributed by atoms with Crippen LogP contribution in [-0.4, -0.2) is 34.9 Å². The molecule has 1 N–H and O–H groups in total. The number of aromatic nitrogens is 3. The van der Waals surface area contributed by atoms with Crippen molar-refractivity contribution in [2.75, 3.05) is 19.5 Å². The summed E-state index contributed by atoms with van der Waals surface area (Å²) < 4.78 is 25.3. The number of carbonyl (C=O) groups is 1. The lowest BCUT2D eigenvalue weighted by atomic mass is 10.1. The molecule has 0 aliphatic rings. The van der Waals surface area contributed by atoms with Crippen molar-refractivity contribution in [3.05, 3.63) is 70.1 Å². The Labute approximate surface area is 192 Å². The second-order valence-corrected chi connectivity index (χ2v) is 7.91. The fraction of sp³-hybridized carbons (Fsp3) is 0.136. The van der Waals surface area contributed by atoms with Crippen LogP contribution in [0.4, 0.5) is 9.52 Å². The van der Waals surface area contributed by atoms with Gasteiger partial charge >= 0.3 is 0 Å². The van der Waals surface area contributed by atoms with Gasteiger partial charge in [0.25, 0.3) is 5.91 Å². The quantitative estimate of drug-likeness (QED) is 0.408. The molecular weight excluding hydrogens is 455 g/mol. The molecule has 0 spiro atoms. The number of hydrogen-bond donors (Lipinski definition) is 1. The number of benzene rings is 2. The molecule has 10 heteroatoms. The Morgan fingerprint density at radius 1 is 1.16 bits per heavy atom. The molecule has 7 nitrogen and oxygen atoms in total. The number of nitrogens with zero attached hydrogens (tertiary/aromatic N) is 3. The molecule has 4 aromatic rings. The van der Waals surface area contributed by atoms with Gasteiger partial charge in [-0.1, -0.05) is 11.6 Å². The molecule has 0 bridgehead atoms. The molecule has 0 atom stereocenters. The molecule has 0 saturated heterocycles. The molecule has 0 fully saturated rings. The minimum atomic E-state index is -0.445. The van der Waals surface area contributed by atoms with Gasteiger partial charge in [0.2, 0.25) is 0 Å². The second kappa shape index (κ2) is 8.97. The maximum atomic E-state index is 13.2.